The van der Waals surface area contributed by atoms with Crippen LogP contribution in [0.15, 0.2) is 0 Å². The highest BCUT2D eigenvalue weighted by Crippen LogP contribution is 2.08. The van der Waals surface area contributed by atoms with Crippen molar-refractivity contribution in [3.63, 3.8) is 0 Å². The van der Waals surface area contributed by atoms with Gasteiger partial charge in [0.2, 0.25) is 0 Å². The number of hydrogen-bond donors (Lipinski definition) is 0. The summed E-state index contributed by atoms with van der Waals surface area (Å²) in [6.45, 7) is 16.0. The Morgan fingerprint density at radius 2 is 1.20 bits per heavy atom. The van der Waals surface area contributed by atoms with Crippen molar-refractivity contribution >= 4 is 9.28 Å². The van der Waals surface area contributed by atoms with Crippen molar-refractivity contribution in [1.82, 2.24) is 0 Å². The molecule has 3 nitrogen and oxygen atoms in total. The Bertz CT molecular complexity index is 137. The summed E-state index contributed by atoms with van der Waals surface area (Å²) < 4.78 is 12.6. The highest BCUT2D eigenvalue weighted by atomic mass is 28.3. The molecule has 0 spiro atoms. The van der Waals surface area contributed by atoms with E-state index in [0.29, 0.717) is 0 Å². The van der Waals surface area contributed by atoms with E-state index in [4.69, 9.17) is 8.85 Å². The van der Waals surface area contributed by atoms with E-state index < -0.39 is 9.28 Å². The minimum atomic E-state index is -1.44. The Morgan fingerprint density at radius 3 is 1.47 bits per heavy atom. The number of nitrogens with zero attached hydrogens (tertiary/aromatic N) is 1. The number of quaternary nitrogens is 1. The van der Waals surface area contributed by atoms with Crippen LogP contribution in [0.25, 0.3) is 0 Å². The van der Waals surface area contributed by atoms with Gasteiger partial charge in [0.05, 0.1) is 19.6 Å². The zero-order valence-corrected chi connectivity index (χ0v) is 12.2. The van der Waals surface area contributed by atoms with Gasteiger partial charge in [-0.15, -0.1) is 0 Å². The lowest BCUT2D eigenvalue weighted by Crippen LogP contribution is -2.54. The van der Waals surface area contributed by atoms with Crippen LogP contribution in [-0.2, 0) is 8.85 Å². The predicted octanol–water partition coefficient (Wildman–Crippen LogP) is 1.70. The molecule has 0 aromatic rings. The van der Waals surface area contributed by atoms with Crippen molar-refractivity contribution in [3.05, 3.63) is 0 Å². The van der Waals surface area contributed by atoms with E-state index in [0.717, 1.165) is 23.9 Å². The summed E-state index contributed by atoms with van der Waals surface area (Å²) in [5, 5.41) is 0. The van der Waals surface area contributed by atoms with Crippen LogP contribution in [0.5, 0.6) is 0 Å². The number of hydrogen-bond acceptors (Lipinski definition) is 2. The minimum Gasteiger partial charge on any atom is -0.394 e. The molecule has 0 aromatic carbocycles. The summed E-state index contributed by atoms with van der Waals surface area (Å²) >= 11 is 0. The summed E-state index contributed by atoms with van der Waals surface area (Å²) in [4.78, 5) is 0. The average Bonchev–Trinajstić information content (AvgIpc) is 2.27. The van der Waals surface area contributed by atoms with Crippen molar-refractivity contribution in [2.75, 3.05) is 39.0 Å². The van der Waals surface area contributed by atoms with Gasteiger partial charge in [-0.1, -0.05) is 0 Å². The monoisotopic (exact) mass is 234 g/mol. The topological polar surface area (TPSA) is 18.5 Å². The normalized spacial score (nSPS) is 12.4. The molecule has 0 atom stereocenters. The second-order valence-corrected chi connectivity index (χ2v) is 5.70. The Kier molecular flexibility index (Phi) is 8.33. The summed E-state index contributed by atoms with van der Waals surface area (Å²) in [6, 6.07) is 0. The molecule has 0 rings (SSSR count). The third kappa shape index (κ3) is 5.11. The van der Waals surface area contributed by atoms with Gasteiger partial charge in [0, 0.05) is 13.2 Å². The van der Waals surface area contributed by atoms with Crippen LogP contribution in [0.4, 0.5) is 0 Å². The van der Waals surface area contributed by atoms with E-state index in [2.05, 4.69) is 34.6 Å². The quantitative estimate of drug-likeness (QED) is 0.446. The summed E-state index contributed by atoms with van der Waals surface area (Å²) in [5.74, 6) is 0. The third-order valence-electron chi connectivity index (χ3n) is 3.25. The van der Waals surface area contributed by atoms with Crippen molar-refractivity contribution in [2.45, 2.75) is 34.6 Å². The molecule has 92 valence electrons. The molecule has 15 heavy (non-hydrogen) atoms. The molecular weight excluding hydrogens is 206 g/mol. The van der Waals surface area contributed by atoms with Crippen molar-refractivity contribution in [2.24, 2.45) is 0 Å². The van der Waals surface area contributed by atoms with Crippen LogP contribution in [0, 0.1) is 0 Å². The predicted molar refractivity (Wildman–Crippen MR) is 67.2 cm³/mol. The van der Waals surface area contributed by atoms with E-state index in [1.165, 1.54) is 19.6 Å². The van der Waals surface area contributed by atoms with Crippen LogP contribution >= 0.6 is 0 Å². The third-order valence-corrected chi connectivity index (χ3v) is 5.74. The van der Waals surface area contributed by atoms with Gasteiger partial charge in [-0.05, 0) is 34.6 Å². The second-order valence-electron chi connectivity index (χ2n) is 3.81. The fourth-order valence-corrected chi connectivity index (χ4v) is 4.36. The van der Waals surface area contributed by atoms with Crippen LogP contribution < -0.4 is 0 Å². The standard InChI is InChI=1S/C11H28NO2Si/c1-6-12(7-2,8-3)11-15(13-9-4)14-10-5/h15H,6-11H2,1-5H3/q+1. The van der Waals surface area contributed by atoms with Gasteiger partial charge in [0.15, 0.2) is 0 Å². The molecule has 0 saturated carbocycles. The maximum atomic E-state index is 5.74. The van der Waals surface area contributed by atoms with E-state index in [1.54, 1.807) is 0 Å². The van der Waals surface area contributed by atoms with Crippen LogP contribution in [-0.4, -0.2) is 52.8 Å². The maximum Gasteiger partial charge on any atom is 0.380 e. The van der Waals surface area contributed by atoms with E-state index in [1.807, 2.05) is 0 Å². The Balaban J connectivity index is 4.30. The molecule has 0 saturated heterocycles. The molecule has 0 fully saturated rings. The SMILES string of the molecule is CCO[SiH](C[N+](CC)(CC)CC)OCC. The van der Waals surface area contributed by atoms with E-state index in [9.17, 15) is 0 Å². The molecule has 4 heteroatoms. The van der Waals surface area contributed by atoms with Crippen LogP contribution in [0.3, 0.4) is 0 Å². The molecule has 0 aliphatic carbocycles. The fraction of sp³-hybridized carbons (Fsp3) is 1.00. The first-order valence-corrected chi connectivity index (χ1v) is 8.02. The van der Waals surface area contributed by atoms with Crippen molar-refractivity contribution in [1.29, 1.82) is 0 Å². The molecule has 0 amide bonds. The molecule has 0 unspecified atom stereocenters. The first kappa shape index (κ1) is 15.1. The lowest BCUT2D eigenvalue weighted by atomic mass is 10.4. The zero-order valence-electron chi connectivity index (χ0n) is 11.1. The Morgan fingerprint density at radius 1 is 0.800 bits per heavy atom. The molecular formula is C11H28NO2Si+. The number of rotatable bonds is 9. The van der Waals surface area contributed by atoms with Crippen molar-refractivity contribution in [3.8, 4) is 0 Å². The molecule has 0 aliphatic heterocycles. The van der Waals surface area contributed by atoms with Crippen LogP contribution in [0.1, 0.15) is 34.6 Å². The smallest absolute Gasteiger partial charge is 0.380 e. The largest absolute Gasteiger partial charge is 0.394 e. The summed E-state index contributed by atoms with van der Waals surface area (Å²) in [7, 11) is -1.44. The lowest BCUT2D eigenvalue weighted by Gasteiger charge is -2.37. The summed E-state index contributed by atoms with van der Waals surface area (Å²) in [6.07, 6.45) is 1.10. The van der Waals surface area contributed by atoms with E-state index >= 15 is 0 Å². The Labute approximate surface area is 96.8 Å². The van der Waals surface area contributed by atoms with Gasteiger partial charge in [-0.25, -0.2) is 0 Å². The van der Waals surface area contributed by atoms with Crippen molar-refractivity contribution < 1.29 is 13.3 Å². The molecule has 0 aromatic heterocycles. The first-order valence-electron chi connectivity index (χ1n) is 6.26. The molecule has 0 N–H and O–H groups in total. The molecule has 0 bridgehead atoms. The fourth-order valence-electron chi connectivity index (χ4n) is 1.90. The van der Waals surface area contributed by atoms with Crippen LogP contribution in [0.2, 0.25) is 0 Å². The van der Waals surface area contributed by atoms with Gasteiger partial charge < -0.3 is 13.3 Å². The van der Waals surface area contributed by atoms with Gasteiger partial charge >= 0.3 is 9.28 Å². The van der Waals surface area contributed by atoms with Gasteiger partial charge in [-0.3, -0.25) is 0 Å². The molecule has 0 heterocycles. The molecule has 0 aliphatic rings. The summed E-state index contributed by atoms with van der Waals surface area (Å²) in [5.41, 5.74) is 0. The maximum absolute atomic E-state index is 5.74. The Hall–Kier alpha value is 0.0969. The molecule has 0 radical (unpaired) electrons. The van der Waals surface area contributed by atoms with Gasteiger partial charge in [0.1, 0.15) is 6.17 Å². The first-order chi connectivity index (χ1) is 7.17. The van der Waals surface area contributed by atoms with E-state index in [-0.39, 0.29) is 0 Å². The zero-order chi connectivity index (χ0) is 11.7. The minimum absolute atomic E-state index is 0.786. The van der Waals surface area contributed by atoms with Gasteiger partial charge in [-0.2, -0.15) is 0 Å². The lowest BCUT2D eigenvalue weighted by molar-refractivity contribution is -0.914. The second kappa shape index (κ2) is 8.27. The highest BCUT2D eigenvalue weighted by Gasteiger charge is 2.28. The average molecular weight is 234 g/mol. The highest BCUT2D eigenvalue weighted by molar-refractivity contribution is 6.44. The van der Waals surface area contributed by atoms with Gasteiger partial charge in [0.25, 0.3) is 0 Å².